The first-order chi connectivity index (χ1) is 8.83. The van der Waals surface area contributed by atoms with Gasteiger partial charge in [-0.15, -0.1) is 12.4 Å². The average Bonchev–Trinajstić information content (AvgIpc) is 2.68. The zero-order chi connectivity index (χ0) is 12.4. The summed E-state index contributed by atoms with van der Waals surface area (Å²) >= 11 is 0. The molecule has 2 heterocycles. The van der Waals surface area contributed by atoms with E-state index in [9.17, 15) is 0 Å². The van der Waals surface area contributed by atoms with Gasteiger partial charge < -0.3 is 10.2 Å². The van der Waals surface area contributed by atoms with Crippen LogP contribution in [0.25, 0.3) is 0 Å². The van der Waals surface area contributed by atoms with Crippen molar-refractivity contribution >= 4 is 18.1 Å². The van der Waals surface area contributed by atoms with E-state index < -0.39 is 0 Å². The number of hydrogen-bond acceptors (Lipinski definition) is 4. The Kier molecular flexibility index (Phi) is 4.39. The summed E-state index contributed by atoms with van der Waals surface area (Å²) in [5.41, 5.74) is 3.65. The van der Waals surface area contributed by atoms with Crippen LogP contribution < -0.4 is 10.2 Å². The fourth-order valence-electron chi connectivity index (χ4n) is 2.35. The molecule has 0 spiro atoms. The second-order valence-electron chi connectivity index (χ2n) is 4.55. The summed E-state index contributed by atoms with van der Waals surface area (Å²) in [6.45, 7) is 3.74. The summed E-state index contributed by atoms with van der Waals surface area (Å²) in [5.74, 6) is 0. The van der Waals surface area contributed by atoms with E-state index in [1.54, 1.807) is 4.80 Å². The molecule has 0 radical (unpaired) electrons. The van der Waals surface area contributed by atoms with E-state index in [1.807, 2.05) is 13.2 Å². The van der Waals surface area contributed by atoms with Gasteiger partial charge >= 0.3 is 0 Å². The van der Waals surface area contributed by atoms with Crippen molar-refractivity contribution < 1.29 is 0 Å². The maximum absolute atomic E-state index is 4.35. The minimum Gasteiger partial charge on any atom is -0.364 e. The maximum atomic E-state index is 4.35. The lowest BCUT2D eigenvalue weighted by Gasteiger charge is -2.23. The van der Waals surface area contributed by atoms with Crippen LogP contribution in [0.5, 0.6) is 0 Å². The first-order valence-corrected chi connectivity index (χ1v) is 6.22. The van der Waals surface area contributed by atoms with Crippen molar-refractivity contribution in [3.8, 4) is 0 Å². The highest BCUT2D eigenvalue weighted by Gasteiger charge is 2.15. The largest absolute Gasteiger partial charge is 0.364 e. The topological polar surface area (TPSA) is 46.0 Å². The molecule has 1 aliphatic heterocycles. The molecular weight excluding hydrogens is 262 g/mol. The molecule has 0 aliphatic carbocycles. The molecule has 5 nitrogen and oxygen atoms in total. The van der Waals surface area contributed by atoms with Gasteiger partial charge in [-0.25, -0.2) is 0 Å². The van der Waals surface area contributed by atoms with E-state index in [0.717, 1.165) is 31.9 Å². The van der Waals surface area contributed by atoms with Gasteiger partial charge in [0.2, 0.25) is 0 Å². The van der Waals surface area contributed by atoms with Gasteiger partial charge in [0.05, 0.1) is 12.7 Å². The summed E-state index contributed by atoms with van der Waals surface area (Å²) in [6.07, 6.45) is 1.83. The van der Waals surface area contributed by atoms with Crippen LogP contribution in [0.15, 0.2) is 30.5 Å². The number of halogens is 1. The second-order valence-corrected chi connectivity index (χ2v) is 4.55. The van der Waals surface area contributed by atoms with E-state index in [1.165, 1.54) is 11.3 Å². The van der Waals surface area contributed by atoms with Crippen LogP contribution in [0.1, 0.15) is 11.3 Å². The fraction of sp³-hybridized carbons (Fsp3) is 0.385. The quantitative estimate of drug-likeness (QED) is 0.901. The Balaban J connectivity index is 0.00000133. The molecule has 1 N–H and O–H groups in total. The van der Waals surface area contributed by atoms with Crippen molar-refractivity contribution in [3.63, 3.8) is 0 Å². The van der Waals surface area contributed by atoms with Crippen molar-refractivity contribution in [1.82, 2.24) is 20.3 Å². The lowest BCUT2D eigenvalue weighted by atomic mass is 10.1. The summed E-state index contributed by atoms with van der Waals surface area (Å²) in [7, 11) is 1.85. The van der Waals surface area contributed by atoms with E-state index in [-0.39, 0.29) is 12.4 Å². The van der Waals surface area contributed by atoms with Crippen molar-refractivity contribution in [3.05, 3.63) is 41.7 Å². The smallest absolute Gasteiger partial charge is 0.102 e. The molecule has 19 heavy (non-hydrogen) atoms. The molecular formula is C13H18ClN5. The first-order valence-electron chi connectivity index (χ1n) is 6.22. The Morgan fingerprint density at radius 1 is 1.32 bits per heavy atom. The summed E-state index contributed by atoms with van der Waals surface area (Å²) < 4.78 is 0. The molecule has 1 aromatic carbocycles. The van der Waals surface area contributed by atoms with Gasteiger partial charge in [-0.2, -0.15) is 15.0 Å². The summed E-state index contributed by atoms with van der Waals surface area (Å²) in [4.78, 5) is 3.97. The fourth-order valence-corrected chi connectivity index (χ4v) is 2.35. The third-order valence-corrected chi connectivity index (χ3v) is 3.21. The summed E-state index contributed by atoms with van der Waals surface area (Å²) in [5, 5.41) is 11.9. The number of nitrogens with one attached hydrogen (secondary N) is 1. The molecule has 2 aromatic rings. The first kappa shape index (κ1) is 13.8. The van der Waals surface area contributed by atoms with E-state index in [2.05, 4.69) is 44.7 Å². The predicted molar refractivity (Wildman–Crippen MR) is 77.4 cm³/mol. The van der Waals surface area contributed by atoms with Crippen LogP contribution >= 0.6 is 12.4 Å². The third-order valence-electron chi connectivity index (χ3n) is 3.21. The molecule has 3 rings (SSSR count). The van der Waals surface area contributed by atoms with Crippen LogP contribution in [0.4, 0.5) is 5.69 Å². The van der Waals surface area contributed by atoms with Crippen molar-refractivity contribution in [2.75, 3.05) is 18.0 Å². The monoisotopic (exact) mass is 279 g/mol. The number of para-hydroxylation sites is 1. The lowest BCUT2D eigenvalue weighted by molar-refractivity contribution is 0.637. The molecule has 0 unspecified atom stereocenters. The van der Waals surface area contributed by atoms with Gasteiger partial charge in [-0.3, -0.25) is 0 Å². The molecule has 6 heteroatoms. The van der Waals surface area contributed by atoms with Crippen LogP contribution in [0, 0.1) is 0 Å². The predicted octanol–water partition coefficient (Wildman–Crippen LogP) is 1.35. The Hall–Kier alpha value is -1.59. The van der Waals surface area contributed by atoms with Crippen molar-refractivity contribution in [1.29, 1.82) is 0 Å². The number of aromatic nitrogens is 3. The number of rotatable bonds is 2. The van der Waals surface area contributed by atoms with Gasteiger partial charge in [-0.1, -0.05) is 18.2 Å². The zero-order valence-corrected chi connectivity index (χ0v) is 11.7. The molecule has 1 aromatic heterocycles. The Bertz CT molecular complexity index is 539. The van der Waals surface area contributed by atoms with Crippen molar-refractivity contribution in [2.24, 2.45) is 7.05 Å². The number of benzene rings is 1. The normalized spacial score (nSPS) is 14.5. The Labute approximate surface area is 119 Å². The van der Waals surface area contributed by atoms with Gasteiger partial charge in [0.1, 0.15) is 5.69 Å². The lowest BCUT2D eigenvalue weighted by Crippen LogP contribution is -2.28. The Morgan fingerprint density at radius 3 is 2.95 bits per heavy atom. The highest BCUT2D eigenvalue weighted by molar-refractivity contribution is 5.85. The SMILES string of the molecule is Cl.Cn1ncc(CN2CCNCc3ccccc32)n1. The molecule has 0 saturated carbocycles. The van der Waals surface area contributed by atoms with E-state index in [4.69, 9.17) is 0 Å². The van der Waals surface area contributed by atoms with E-state index in [0.29, 0.717) is 0 Å². The minimum absolute atomic E-state index is 0. The molecule has 0 fully saturated rings. The van der Waals surface area contributed by atoms with Crippen LogP contribution in [-0.4, -0.2) is 28.1 Å². The molecule has 0 bridgehead atoms. The number of nitrogens with zero attached hydrogens (tertiary/aromatic N) is 4. The highest BCUT2D eigenvalue weighted by Crippen LogP contribution is 2.23. The highest BCUT2D eigenvalue weighted by atomic mass is 35.5. The van der Waals surface area contributed by atoms with E-state index >= 15 is 0 Å². The molecule has 102 valence electrons. The third kappa shape index (κ3) is 3.05. The standard InChI is InChI=1S/C13H17N5.ClH/c1-17-15-9-12(16-17)10-18-7-6-14-8-11-4-2-3-5-13(11)18;/h2-5,9,14H,6-8,10H2,1H3;1H. The zero-order valence-electron chi connectivity index (χ0n) is 10.9. The number of anilines is 1. The number of aryl methyl sites for hydroxylation is 1. The molecule has 0 saturated heterocycles. The number of fused-ring (bicyclic) bond motifs is 1. The van der Waals surface area contributed by atoms with Crippen LogP contribution in [-0.2, 0) is 20.1 Å². The van der Waals surface area contributed by atoms with Gasteiger partial charge in [0.25, 0.3) is 0 Å². The van der Waals surface area contributed by atoms with Crippen molar-refractivity contribution in [2.45, 2.75) is 13.1 Å². The average molecular weight is 280 g/mol. The second kappa shape index (κ2) is 6.04. The number of hydrogen-bond donors (Lipinski definition) is 1. The van der Waals surface area contributed by atoms with Crippen LogP contribution in [0.3, 0.4) is 0 Å². The molecule has 0 atom stereocenters. The van der Waals surface area contributed by atoms with Crippen LogP contribution in [0.2, 0.25) is 0 Å². The van der Waals surface area contributed by atoms with Gasteiger partial charge in [0, 0.05) is 32.4 Å². The minimum atomic E-state index is 0. The Morgan fingerprint density at radius 2 is 2.16 bits per heavy atom. The molecule has 0 amide bonds. The maximum Gasteiger partial charge on any atom is 0.102 e. The molecule has 1 aliphatic rings. The summed E-state index contributed by atoms with van der Waals surface area (Å²) in [6, 6.07) is 8.54. The van der Waals surface area contributed by atoms with Gasteiger partial charge in [0.15, 0.2) is 0 Å². The van der Waals surface area contributed by atoms with Gasteiger partial charge in [-0.05, 0) is 11.6 Å².